The highest BCUT2D eigenvalue weighted by Crippen LogP contribution is 2.38. The highest BCUT2D eigenvalue weighted by molar-refractivity contribution is 6.64. The molecule has 0 unspecified atom stereocenters. The van der Waals surface area contributed by atoms with E-state index in [2.05, 4.69) is 0 Å². The van der Waals surface area contributed by atoms with Gasteiger partial charge in [0.25, 0.3) is 0 Å². The molecule has 0 bridgehead atoms. The summed E-state index contributed by atoms with van der Waals surface area (Å²) in [6.45, 7) is 7.51. The van der Waals surface area contributed by atoms with E-state index in [0.717, 1.165) is 12.1 Å². The van der Waals surface area contributed by atoms with Crippen LogP contribution in [0.1, 0.15) is 27.7 Å². The zero-order chi connectivity index (χ0) is 13.7. The minimum Gasteiger partial charge on any atom is -0.508 e. The molecule has 1 saturated heterocycles. The molecule has 6 heteroatoms. The summed E-state index contributed by atoms with van der Waals surface area (Å²) in [6.07, 6.45) is 0. The molecule has 1 aliphatic heterocycles. The van der Waals surface area contributed by atoms with Gasteiger partial charge in [0.15, 0.2) is 0 Å². The molecule has 0 atom stereocenters. The van der Waals surface area contributed by atoms with Gasteiger partial charge >= 0.3 is 7.12 Å². The minimum absolute atomic E-state index is 0.131. The molecule has 1 aliphatic rings. The molecule has 0 spiro atoms. The monoisotopic (exact) mass is 252 g/mol. The average molecular weight is 252 g/mol. The molecule has 18 heavy (non-hydrogen) atoms. The maximum absolute atomic E-state index is 9.79. The number of benzene rings is 1. The van der Waals surface area contributed by atoms with E-state index in [1.807, 2.05) is 27.7 Å². The Morgan fingerprint density at radius 3 is 1.67 bits per heavy atom. The van der Waals surface area contributed by atoms with Crippen molar-refractivity contribution in [2.24, 2.45) is 0 Å². The fourth-order valence-electron chi connectivity index (χ4n) is 1.81. The second-order valence-electron chi connectivity index (χ2n) is 5.49. The highest BCUT2D eigenvalue weighted by atomic mass is 16.7. The van der Waals surface area contributed by atoms with Crippen LogP contribution < -0.4 is 5.46 Å². The van der Waals surface area contributed by atoms with E-state index in [1.54, 1.807) is 0 Å². The van der Waals surface area contributed by atoms with Crippen molar-refractivity contribution in [3.8, 4) is 17.2 Å². The summed E-state index contributed by atoms with van der Waals surface area (Å²) >= 11 is 0. The first-order valence-electron chi connectivity index (χ1n) is 5.74. The van der Waals surface area contributed by atoms with Crippen molar-refractivity contribution < 1.29 is 24.6 Å². The molecule has 3 N–H and O–H groups in total. The third kappa shape index (κ3) is 1.91. The van der Waals surface area contributed by atoms with E-state index in [4.69, 9.17) is 9.31 Å². The Balaban J connectivity index is 2.42. The summed E-state index contributed by atoms with van der Waals surface area (Å²) in [6, 6.07) is 2.28. The first-order valence-corrected chi connectivity index (χ1v) is 5.74. The Hall–Kier alpha value is -1.40. The predicted molar refractivity (Wildman–Crippen MR) is 67.2 cm³/mol. The molecule has 0 amide bonds. The maximum atomic E-state index is 9.79. The summed E-state index contributed by atoms with van der Waals surface area (Å²) in [4.78, 5) is 0. The smallest absolute Gasteiger partial charge is 0.502 e. The van der Waals surface area contributed by atoms with Crippen LogP contribution in [-0.2, 0) is 9.31 Å². The molecular weight excluding hydrogens is 235 g/mol. The van der Waals surface area contributed by atoms with Crippen LogP contribution in [0.4, 0.5) is 0 Å². The minimum atomic E-state index is -0.865. The van der Waals surface area contributed by atoms with Crippen molar-refractivity contribution in [1.29, 1.82) is 0 Å². The van der Waals surface area contributed by atoms with Crippen LogP contribution in [0.25, 0.3) is 0 Å². The summed E-state index contributed by atoms with van der Waals surface area (Å²) in [5.41, 5.74) is -0.991. The fourth-order valence-corrected chi connectivity index (χ4v) is 1.81. The zero-order valence-electron chi connectivity index (χ0n) is 10.9. The normalized spacial score (nSPS) is 21.2. The van der Waals surface area contributed by atoms with E-state index in [0.29, 0.717) is 0 Å². The van der Waals surface area contributed by atoms with Gasteiger partial charge in [0.1, 0.15) is 17.2 Å². The quantitative estimate of drug-likeness (QED) is 0.652. The Morgan fingerprint density at radius 2 is 1.28 bits per heavy atom. The third-order valence-electron chi connectivity index (χ3n) is 3.61. The predicted octanol–water partition coefficient (Wildman–Crippen LogP) is 1.10. The zero-order valence-corrected chi connectivity index (χ0v) is 10.9. The topological polar surface area (TPSA) is 79.2 Å². The van der Waals surface area contributed by atoms with Gasteiger partial charge in [-0.15, -0.1) is 0 Å². The fraction of sp³-hybridized carbons (Fsp3) is 0.500. The SMILES string of the molecule is CC1(C)OB(c2c(O)cc(O)cc2O)OC1(C)C. The largest absolute Gasteiger partial charge is 0.508 e. The van der Waals surface area contributed by atoms with E-state index in [1.165, 1.54) is 0 Å². The first-order chi connectivity index (χ1) is 8.14. The van der Waals surface area contributed by atoms with Crippen LogP contribution >= 0.6 is 0 Å². The lowest BCUT2D eigenvalue weighted by Gasteiger charge is -2.32. The molecule has 1 aromatic rings. The lowest BCUT2D eigenvalue weighted by molar-refractivity contribution is 0.00578. The second kappa shape index (κ2) is 3.80. The first kappa shape index (κ1) is 13.0. The van der Waals surface area contributed by atoms with Crippen molar-refractivity contribution in [2.75, 3.05) is 0 Å². The van der Waals surface area contributed by atoms with Crippen molar-refractivity contribution in [3.05, 3.63) is 12.1 Å². The summed E-state index contributed by atoms with van der Waals surface area (Å²) in [5.74, 6) is -0.734. The van der Waals surface area contributed by atoms with Crippen molar-refractivity contribution in [3.63, 3.8) is 0 Å². The molecule has 98 valence electrons. The van der Waals surface area contributed by atoms with Gasteiger partial charge in [-0.3, -0.25) is 0 Å². The van der Waals surface area contributed by atoms with Gasteiger partial charge in [-0.05, 0) is 27.7 Å². The van der Waals surface area contributed by atoms with Crippen LogP contribution in [0.5, 0.6) is 17.2 Å². The standard InChI is InChI=1S/C12H17BO5/c1-11(2)12(3,4)18-13(17-11)10-8(15)5-7(14)6-9(10)16/h5-6,14-16H,1-4H3. The number of phenols is 3. The molecule has 0 aliphatic carbocycles. The highest BCUT2D eigenvalue weighted by Gasteiger charge is 2.53. The number of rotatable bonds is 1. The number of hydrogen-bond acceptors (Lipinski definition) is 5. The summed E-state index contributed by atoms with van der Waals surface area (Å²) in [7, 11) is -0.865. The van der Waals surface area contributed by atoms with Crippen molar-refractivity contribution in [1.82, 2.24) is 0 Å². The van der Waals surface area contributed by atoms with Crippen LogP contribution in [0.15, 0.2) is 12.1 Å². The number of phenolic OH excluding ortho intramolecular Hbond substituents is 3. The van der Waals surface area contributed by atoms with Gasteiger partial charge in [-0.1, -0.05) is 0 Å². The van der Waals surface area contributed by atoms with Gasteiger partial charge in [0, 0.05) is 12.1 Å². The van der Waals surface area contributed by atoms with Gasteiger partial charge in [0.2, 0.25) is 0 Å². The van der Waals surface area contributed by atoms with Crippen LogP contribution in [0.3, 0.4) is 0 Å². The molecule has 0 aromatic heterocycles. The molecule has 1 fully saturated rings. The molecule has 1 aromatic carbocycles. The Bertz CT molecular complexity index is 444. The van der Waals surface area contributed by atoms with E-state index in [-0.39, 0.29) is 22.7 Å². The van der Waals surface area contributed by atoms with Gasteiger partial charge in [-0.25, -0.2) is 0 Å². The van der Waals surface area contributed by atoms with Crippen molar-refractivity contribution in [2.45, 2.75) is 38.9 Å². The molecule has 0 saturated carbocycles. The van der Waals surface area contributed by atoms with Gasteiger partial charge < -0.3 is 24.6 Å². The lowest BCUT2D eigenvalue weighted by Crippen LogP contribution is -2.41. The van der Waals surface area contributed by atoms with Crippen LogP contribution in [0, 0.1) is 0 Å². The Labute approximate surface area is 106 Å². The van der Waals surface area contributed by atoms with E-state index >= 15 is 0 Å². The summed E-state index contributed by atoms with van der Waals surface area (Å²) < 4.78 is 11.5. The Kier molecular flexibility index (Phi) is 2.75. The second-order valence-corrected chi connectivity index (χ2v) is 5.49. The van der Waals surface area contributed by atoms with Gasteiger partial charge in [0.05, 0.1) is 16.7 Å². The van der Waals surface area contributed by atoms with Crippen LogP contribution in [-0.4, -0.2) is 33.6 Å². The summed E-state index contributed by atoms with van der Waals surface area (Å²) in [5, 5.41) is 28.9. The molecule has 0 radical (unpaired) electrons. The molecule has 5 nitrogen and oxygen atoms in total. The lowest BCUT2D eigenvalue weighted by atomic mass is 9.77. The Morgan fingerprint density at radius 1 is 0.889 bits per heavy atom. The molecule has 1 heterocycles. The molecular formula is C12H17BO5. The van der Waals surface area contributed by atoms with Crippen molar-refractivity contribution >= 4 is 12.6 Å². The molecule has 2 rings (SSSR count). The van der Waals surface area contributed by atoms with E-state index < -0.39 is 18.3 Å². The average Bonchev–Trinajstić information content (AvgIpc) is 2.32. The maximum Gasteiger partial charge on any atom is 0.502 e. The third-order valence-corrected chi connectivity index (χ3v) is 3.61. The number of aromatic hydroxyl groups is 3. The van der Waals surface area contributed by atoms with E-state index in [9.17, 15) is 15.3 Å². The number of hydrogen-bond donors (Lipinski definition) is 3. The van der Waals surface area contributed by atoms with Crippen LogP contribution in [0.2, 0.25) is 0 Å². The van der Waals surface area contributed by atoms with Gasteiger partial charge in [-0.2, -0.15) is 0 Å².